The van der Waals surface area contributed by atoms with Crippen LogP contribution in [0.25, 0.3) is 11.1 Å². The minimum atomic E-state index is -0.0638. The van der Waals surface area contributed by atoms with Crippen LogP contribution < -0.4 is 10.6 Å². The molecule has 7 heteroatoms. The zero-order valence-corrected chi connectivity index (χ0v) is 15.4. The summed E-state index contributed by atoms with van der Waals surface area (Å²) < 4.78 is 4.93. The molecule has 0 aliphatic heterocycles. The molecule has 2 aromatic rings. The van der Waals surface area contributed by atoms with Gasteiger partial charge in [0, 0.05) is 31.7 Å². The highest BCUT2D eigenvalue weighted by molar-refractivity contribution is 5.93. The number of rotatable bonds is 7. The number of nitrogens with one attached hydrogen (secondary N) is 2. The van der Waals surface area contributed by atoms with Crippen molar-refractivity contribution in [2.75, 3.05) is 32.1 Å². The van der Waals surface area contributed by atoms with E-state index in [1.807, 2.05) is 37.3 Å². The average Bonchev–Trinajstić information content (AvgIpc) is 2.54. The van der Waals surface area contributed by atoms with Crippen LogP contribution in [-0.4, -0.2) is 37.7 Å². The molecule has 24 heavy (non-hydrogen) atoms. The van der Waals surface area contributed by atoms with Gasteiger partial charge in [-0.15, -0.1) is 24.8 Å². The Morgan fingerprint density at radius 1 is 1.12 bits per heavy atom. The monoisotopic (exact) mass is 371 g/mol. The van der Waals surface area contributed by atoms with Crippen LogP contribution in [-0.2, 0) is 9.53 Å². The third kappa shape index (κ3) is 6.84. The fraction of sp³-hybridized carbons (Fsp3) is 0.294. The van der Waals surface area contributed by atoms with Gasteiger partial charge < -0.3 is 15.4 Å². The van der Waals surface area contributed by atoms with E-state index >= 15 is 0 Å². The Morgan fingerprint density at radius 3 is 2.50 bits per heavy atom. The molecule has 132 valence electrons. The number of hydrogen-bond donors (Lipinski definition) is 2. The molecule has 0 saturated carbocycles. The van der Waals surface area contributed by atoms with Gasteiger partial charge in [-0.25, -0.2) is 0 Å². The summed E-state index contributed by atoms with van der Waals surface area (Å²) in [6, 6.07) is 9.92. The molecule has 2 rings (SSSR count). The van der Waals surface area contributed by atoms with Crippen molar-refractivity contribution in [2.24, 2.45) is 0 Å². The van der Waals surface area contributed by atoms with Crippen molar-refractivity contribution in [3.63, 3.8) is 0 Å². The maximum atomic E-state index is 12.0. The van der Waals surface area contributed by atoms with Crippen molar-refractivity contribution >= 4 is 36.4 Å². The lowest BCUT2D eigenvalue weighted by Crippen LogP contribution is -2.30. The van der Waals surface area contributed by atoms with E-state index in [1.54, 1.807) is 19.5 Å². The lowest BCUT2D eigenvalue weighted by molar-refractivity contribution is -0.115. The number of anilines is 1. The maximum absolute atomic E-state index is 12.0. The number of nitrogens with zero attached hydrogens (tertiary/aromatic N) is 1. The standard InChI is InChI=1S/C17H21N3O2.2ClH/c1-13-3-4-15(14-5-7-18-8-6-14)11-16(13)20-17(21)12-19-9-10-22-2;;/h3-8,11,19H,9-10,12H2,1-2H3,(H,20,21);2*1H. The molecular formula is C17H23Cl2N3O2. The minimum absolute atomic E-state index is 0. The summed E-state index contributed by atoms with van der Waals surface area (Å²) in [6.07, 6.45) is 3.51. The SMILES string of the molecule is COCCNCC(=O)Nc1cc(-c2ccncc2)ccc1C.Cl.Cl. The number of methoxy groups -OCH3 is 1. The Labute approximate surface area is 155 Å². The Balaban J connectivity index is 0.00000264. The van der Waals surface area contributed by atoms with Crippen molar-refractivity contribution in [3.05, 3.63) is 48.3 Å². The zero-order valence-electron chi connectivity index (χ0n) is 13.7. The van der Waals surface area contributed by atoms with Gasteiger partial charge in [-0.05, 0) is 41.8 Å². The Hall–Kier alpha value is -1.66. The quantitative estimate of drug-likeness (QED) is 0.734. The highest BCUT2D eigenvalue weighted by Gasteiger charge is 2.06. The van der Waals surface area contributed by atoms with Gasteiger partial charge in [0.2, 0.25) is 5.91 Å². The van der Waals surface area contributed by atoms with E-state index < -0.39 is 0 Å². The number of hydrogen-bond acceptors (Lipinski definition) is 4. The molecule has 0 fully saturated rings. The molecule has 0 aliphatic carbocycles. The number of amides is 1. The van der Waals surface area contributed by atoms with E-state index in [4.69, 9.17) is 4.74 Å². The molecule has 2 N–H and O–H groups in total. The van der Waals surface area contributed by atoms with Gasteiger partial charge in [-0.2, -0.15) is 0 Å². The molecule has 1 aromatic carbocycles. The fourth-order valence-electron chi connectivity index (χ4n) is 2.05. The average molecular weight is 372 g/mol. The Morgan fingerprint density at radius 2 is 1.83 bits per heavy atom. The first-order chi connectivity index (χ1) is 10.7. The molecule has 5 nitrogen and oxygen atoms in total. The molecular weight excluding hydrogens is 349 g/mol. The summed E-state index contributed by atoms with van der Waals surface area (Å²) >= 11 is 0. The van der Waals surface area contributed by atoms with E-state index in [0.717, 1.165) is 22.4 Å². The zero-order chi connectivity index (χ0) is 15.8. The van der Waals surface area contributed by atoms with Crippen LogP contribution in [0.5, 0.6) is 0 Å². The maximum Gasteiger partial charge on any atom is 0.238 e. The molecule has 1 heterocycles. The molecule has 1 aromatic heterocycles. The summed E-state index contributed by atoms with van der Waals surface area (Å²) in [6.45, 7) is 3.48. The van der Waals surface area contributed by atoms with Gasteiger partial charge in [-0.1, -0.05) is 12.1 Å². The number of carbonyl (C=O) groups excluding carboxylic acids is 1. The number of ether oxygens (including phenoxy) is 1. The summed E-state index contributed by atoms with van der Waals surface area (Å²) in [5, 5.41) is 5.97. The highest BCUT2D eigenvalue weighted by Crippen LogP contribution is 2.24. The number of pyridine rings is 1. The highest BCUT2D eigenvalue weighted by atomic mass is 35.5. The van der Waals surface area contributed by atoms with Crippen molar-refractivity contribution < 1.29 is 9.53 Å². The van der Waals surface area contributed by atoms with Crippen molar-refractivity contribution in [2.45, 2.75) is 6.92 Å². The van der Waals surface area contributed by atoms with Crippen LogP contribution in [0.2, 0.25) is 0 Å². The third-order valence-corrected chi connectivity index (χ3v) is 3.29. The first kappa shape index (κ1) is 22.3. The first-order valence-corrected chi connectivity index (χ1v) is 7.21. The van der Waals surface area contributed by atoms with E-state index in [2.05, 4.69) is 15.6 Å². The van der Waals surface area contributed by atoms with Crippen LogP contribution >= 0.6 is 24.8 Å². The number of benzene rings is 1. The summed E-state index contributed by atoms with van der Waals surface area (Å²) in [4.78, 5) is 16.0. The lowest BCUT2D eigenvalue weighted by Gasteiger charge is -2.11. The van der Waals surface area contributed by atoms with Gasteiger partial charge >= 0.3 is 0 Å². The van der Waals surface area contributed by atoms with Gasteiger partial charge in [0.1, 0.15) is 0 Å². The predicted molar refractivity (Wildman–Crippen MR) is 102 cm³/mol. The number of halogens is 2. The second-order valence-corrected chi connectivity index (χ2v) is 4.98. The second-order valence-electron chi connectivity index (χ2n) is 4.98. The van der Waals surface area contributed by atoms with E-state index in [-0.39, 0.29) is 37.3 Å². The van der Waals surface area contributed by atoms with Crippen LogP contribution in [0.1, 0.15) is 5.56 Å². The largest absolute Gasteiger partial charge is 0.383 e. The minimum Gasteiger partial charge on any atom is -0.383 e. The smallest absolute Gasteiger partial charge is 0.238 e. The number of aromatic nitrogens is 1. The van der Waals surface area contributed by atoms with Crippen molar-refractivity contribution in [1.29, 1.82) is 0 Å². The number of aryl methyl sites for hydroxylation is 1. The van der Waals surface area contributed by atoms with Gasteiger partial charge in [0.15, 0.2) is 0 Å². The fourth-order valence-corrected chi connectivity index (χ4v) is 2.05. The summed E-state index contributed by atoms with van der Waals surface area (Å²) in [5.41, 5.74) is 3.98. The Kier molecular flexibility index (Phi) is 11.0. The molecule has 0 aliphatic rings. The molecule has 0 spiro atoms. The number of carbonyl (C=O) groups is 1. The lowest BCUT2D eigenvalue weighted by atomic mass is 10.0. The first-order valence-electron chi connectivity index (χ1n) is 7.21. The molecule has 0 saturated heterocycles. The topological polar surface area (TPSA) is 63.2 Å². The molecule has 0 bridgehead atoms. The van der Waals surface area contributed by atoms with Crippen molar-refractivity contribution in [1.82, 2.24) is 10.3 Å². The third-order valence-electron chi connectivity index (χ3n) is 3.29. The van der Waals surface area contributed by atoms with E-state index in [0.29, 0.717) is 13.2 Å². The predicted octanol–water partition coefficient (Wildman–Crippen LogP) is 3.08. The molecule has 0 unspecified atom stereocenters. The summed E-state index contributed by atoms with van der Waals surface area (Å²) in [7, 11) is 1.63. The van der Waals surface area contributed by atoms with Crippen LogP contribution in [0.4, 0.5) is 5.69 Å². The molecule has 1 amide bonds. The van der Waals surface area contributed by atoms with Crippen molar-refractivity contribution in [3.8, 4) is 11.1 Å². The van der Waals surface area contributed by atoms with Gasteiger partial charge in [0.05, 0.1) is 13.2 Å². The Bertz CT molecular complexity index is 624. The van der Waals surface area contributed by atoms with Gasteiger partial charge in [-0.3, -0.25) is 9.78 Å². The second kappa shape index (κ2) is 11.8. The normalized spacial score (nSPS) is 9.58. The summed E-state index contributed by atoms with van der Waals surface area (Å²) in [5.74, 6) is -0.0638. The van der Waals surface area contributed by atoms with Crippen LogP contribution in [0.3, 0.4) is 0 Å². The van der Waals surface area contributed by atoms with Gasteiger partial charge in [0.25, 0.3) is 0 Å². The van der Waals surface area contributed by atoms with E-state index in [1.165, 1.54) is 0 Å². The van der Waals surface area contributed by atoms with E-state index in [9.17, 15) is 4.79 Å². The molecule has 0 radical (unpaired) electrons. The molecule has 0 atom stereocenters. The van der Waals surface area contributed by atoms with Crippen LogP contribution in [0.15, 0.2) is 42.7 Å². The van der Waals surface area contributed by atoms with Crippen LogP contribution in [0, 0.1) is 6.92 Å².